The number of hydrogen-bond acceptors (Lipinski definition) is 6. The molecule has 1 saturated carbocycles. The van der Waals surface area contributed by atoms with Crippen LogP contribution >= 0.6 is 11.3 Å². The molecule has 0 spiro atoms. The van der Waals surface area contributed by atoms with Crippen molar-refractivity contribution in [1.29, 1.82) is 0 Å². The van der Waals surface area contributed by atoms with Crippen molar-refractivity contribution in [3.8, 4) is 11.3 Å². The van der Waals surface area contributed by atoms with Gasteiger partial charge in [-0.1, -0.05) is 25.0 Å². The predicted molar refractivity (Wildman–Crippen MR) is 116 cm³/mol. The zero-order chi connectivity index (χ0) is 21.2. The minimum Gasteiger partial charge on any atom is -0.455 e. The number of nitrogens with zero attached hydrogens (tertiary/aromatic N) is 2. The van der Waals surface area contributed by atoms with Gasteiger partial charge in [0.1, 0.15) is 5.82 Å². The van der Waals surface area contributed by atoms with Crippen LogP contribution in [-0.4, -0.2) is 15.9 Å². The number of thiazole rings is 1. The molecule has 31 heavy (non-hydrogen) atoms. The maximum atomic E-state index is 13.1. The predicted octanol–water partition coefficient (Wildman–Crippen LogP) is 6.11. The van der Waals surface area contributed by atoms with Gasteiger partial charge in [0.15, 0.2) is 12.4 Å². The fourth-order valence-corrected chi connectivity index (χ4v) is 5.29. The van der Waals surface area contributed by atoms with E-state index in [1.54, 1.807) is 29.7 Å². The van der Waals surface area contributed by atoms with Gasteiger partial charge in [0, 0.05) is 11.5 Å². The van der Waals surface area contributed by atoms with E-state index in [-0.39, 0.29) is 30.2 Å². The lowest BCUT2D eigenvalue weighted by molar-refractivity contribution is -0.152. The van der Waals surface area contributed by atoms with Crippen LogP contribution in [-0.2, 0) is 16.1 Å². The van der Waals surface area contributed by atoms with E-state index in [1.165, 1.54) is 12.1 Å². The number of hydrogen-bond donors (Lipinski definition) is 0. The second-order valence-corrected chi connectivity index (χ2v) is 8.81. The summed E-state index contributed by atoms with van der Waals surface area (Å²) in [7, 11) is 0. The van der Waals surface area contributed by atoms with E-state index in [0.29, 0.717) is 11.7 Å². The van der Waals surface area contributed by atoms with Crippen LogP contribution in [0.4, 0.5) is 4.39 Å². The third-order valence-corrected chi connectivity index (χ3v) is 6.88. The number of benzene rings is 2. The Morgan fingerprint density at radius 1 is 1.13 bits per heavy atom. The van der Waals surface area contributed by atoms with Gasteiger partial charge in [-0.25, -0.2) is 14.4 Å². The number of halogens is 1. The lowest BCUT2D eigenvalue weighted by Crippen LogP contribution is -2.27. The highest BCUT2D eigenvalue weighted by atomic mass is 32.1. The van der Waals surface area contributed by atoms with E-state index < -0.39 is 0 Å². The average molecular weight is 437 g/mol. The van der Waals surface area contributed by atoms with Crippen LogP contribution < -0.4 is 0 Å². The number of fused-ring (bicyclic) bond motifs is 1. The molecule has 2 aromatic carbocycles. The number of ether oxygens (including phenoxy) is 1. The summed E-state index contributed by atoms with van der Waals surface area (Å²) in [4.78, 5) is 21.9. The number of oxazole rings is 1. The number of rotatable bonds is 5. The van der Waals surface area contributed by atoms with Gasteiger partial charge >= 0.3 is 5.97 Å². The van der Waals surface area contributed by atoms with E-state index in [0.717, 1.165) is 46.5 Å². The standard InChI is InChI=1S/C24H21FN2O3S/c25-16-11-9-15(10-12-16)20-13-26-22(30-20)14-29-24(28)18-6-2-1-5-17(18)23-27-19-7-3-4-8-21(19)31-23/h3-4,7-13,17-18H,1-2,5-6,14H2. The summed E-state index contributed by atoms with van der Waals surface area (Å²) in [5, 5.41) is 1.01. The molecular weight excluding hydrogens is 415 g/mol. The first-order chi connectivity index (χ1) is 15.2. The fourth-order valence-electron chi connectivity index (χ4n) is 4.12. The smallest absolute Gasteiger partial charge is 0.310 e. The van der Waals surface area contributed by atoms with Crippen LogP contribution in [0.25, 0.3) is 21.5 Å². The van der Waals surface area contributed by atoms with Crippen molar-refractivity contribution < 1.29 is 18.3 Å². The summed E-state index contributed by atoms with van der Waals surface area (Å²) in [6.07, 6.45) is 5.39. The van der Waals surface area contributed by atoms with Crippen LogP contribution in [0.2, 0.25) is 0 Å². The first kappa shape index (κ1) is 19.9. The lowest BCUT2D eigenvalue weighted by Gasteiger charge is -2.28. The van der Waals surface area contributed by atoms with Crippen LogP contribution in [0.15, 0.2) is 59.1 Å². The minimum atomic E-state index is -0.312. The number of carbonyl (C=O) groups excluding carboxylic acids is 1. The van der Waals surface area contributed by atoms with Gasteiger partial charge < -0.3 is 9.15 Å². The van der Waals surface area contributed by atoms with Gasteiger partial charge in [-0.15, -0.1) is 11.3 Å². The second kappa shape index (κ2) is 8.59. The molecule has 5 rings (SSSR count). The Balaban J connectivity index is 1.27. The van der Waals surface area contributed by atoms with E-state index in [2.05, 4.69) is 11.1 Å². The van der Waals surface area contributed by atoms with Crippen LogP contribution in [0.1, 0.15) is 42.5 Å². The van der Waals surface area contributed by atoms with Gasteiger partial charge in [-0.3, -0.25) is 4.79 Å². The first-order valence-corrected chi connectivity index (χ1v) is 11.2. The summed E-state index contributed by atoms with van der Waals surface area (Å²) < 4.78 is 25.5. The molecule has 0 N–H and O–H groups in total. The van der Waals surface area contributed by atoms with Crippen molar-refractivity contribution in [3.63, 3.8) is 0 Å². The van der Waals surface area contributed by atoms with E-state index >= 15 is 0 Å². The largest absolute Gasteiger partial charge is 0.455 e. The monoisotopic (exact) mass is 436 g/mol. The van der Waals surface area contributed by atoms with Crippen molar-refractivity contribution in [3.05, 3.63) is 71.4 Å². The summed E-state index contributed by atoms with van der Waals surface area (Å²) in [6, 6.07) is 14.0. The Kier molecular flexibility index (Phi) is 5.51. The molecule has 0 radical (unpaired) electrons. The van der Waals surface area contributed by atoms with E-state index in [4.69, 9.17) is 14.1 Å². The summed E-state index contributed by atoms with van der Waals surface area (Å²) >= 11 is 1.66. The Bertz CT molecular complexity index is 1170. The molecule has 0 aliphatic heterocycles. The van der Waals surface area contributed by atoms with Crippen molar-refractivity contribution in [2.24, 2.45) is 5.92 Å². The summed E-state index contributed by atoms with van der Waals surface area (Å²) in [6.45, 7) is -0.0247. The van der Waals surface area contributed by atoms with Crippen molar-refractivity contribution in [1.82, 2.24) is 9.97 Å². The Morgan fingerprint density at radius 3 is 2.77 bits per heavy atom. The SMILES string of the molecule is O=C(OCc1ncc(-c2ccc(F)cc2)o1)C1CCCCC1c1nc2ccccc2s1. The normalized spacial score (nSPS) is 18.9. The summed E-state index contributed by atoms with van der Waals surface area (Å²) in [5.74, 6) is 0.160. The maximum absolute atomic E-state index is 13.1. The van der Waals surface area contributed by atoms with Crippen molar-refractivity contribution >= 4 is 27.5 Å². The highest BCUT2D eigenvalue weighted by Gasteiger charge is 2.35. The van der Waals surface area contributed by atoms with Crippen molar-refractivity contribution in [2.45, 2.75) is 38.2 Å². The molecule has 2 atom stereocenters. The van der Waals surface area contributed by atoms with Crippen LogP contribution in [0.3, 0.4) is 0 Å². The Hall–Kier alpha value is -3.06. The fraction of sp³-hybridized carbons (Fsp3) is 0.292. The van der Waals surface area contributed by atoms with Crippen LogP contribution in [0.5, 0.6) is 0 Å². The molecule has 1 fully saturated rings. The zero-order valence-corrected chi connectivity index (χ0v) is 17.6. The van der Waals surface area contributed by atoms with Crippen molar-refractivity contribution in [2.75, 3.05) is 0 Å². The maximum Gasteiger partial charge on any atom is 0.310 e. The second-order valence-electron chi connectivity index (χ2n) is 7.75. The minimum absolute atomic E-state index is 0.0247. The number of carbonyl (C=O) groups is 1. The Morgan fingerprint density at radius 2 is 1.94 bits per heavy atom. The molecule has 2 aromatic heterocycles. The lowest BCUT2D eigenvalue weighted by atomic mass is 9.79. The average Bonchev–Trinajstić information content (AvgIpc) is 3.45. The molecule has 2 heterocycles. The van der Waals surface area contributed by atoms with Gasteiger partial charge in [-0.2, -0.15) is 0 Å². The molecule has 0 bridgehead atoms. The highest BCUT2D eigenvalue weighted by Crippen LogP contribution is 2.41. The van der Waals surface area contributed by atoms with E-state index in [1.807, 2.05) is 18.2 Å². The van der Waals surface area contributed by atoms with Gasteiger partial charge in [0.25, 0.3) is 0 Å². The number of para-hydroxylation sites is 1. The molecule has 0 amide bonds. The topological polar surface area (TPSA) is 65.2 Å². The zero-order valence-electron chi connectivity index (χ0n) is 16.8. The molecule has 7 heteroatoms. The molecule has 1 aliphatic carbocycles. The van der Waals surface area contributed by atoms with Gasteiger partial charge in [0.2, 0.25) is 5.89 Å². The highest BCUT2D eigenvalue weighted by molar-refractivity contribution is 7.18. The summed E-state index contributed by atoms with van der Waals surface area (Å²) in [5.41, 5.74) is 1.70. The molecule has 2 unspecified atom stereocenters. The van der Waals surface area contributed by atoms with Crippen LogP contribution in [0, 0.1) is 11.7 Å². The first-order valence-electron chi connectivity index (χ1n) is 10.4. The molecule has 1 aliphatic rings. The van der Waals surface area contributed by atoms with E-state index in [9.17, 15) is 9.18 Å². The molecule has 158 valence electrons. The third-order valence-electron chi connectivity index (χ3n) is 5.72. The Labute approximate surface area is 182 Å². The van der Waals surface area contributed by atoms with Gasteiger partial charge in [0.05, 0.1) is 27.3 Å². The van der Waals surface area contributed by atoms with Gasteiger partial charge in [-0.05, 0) is 49.2 Å². The quantitative estimate of drug-likeness (QED) is 0.353. The molecule has 5 nitrogen and oxygen atoms in total. The molecule has 0 saturated heterocycles. The molecular formula is C24H21FN2O3S. The number of aromatic nitrogens is 2. The third kappa shape index (κ3) is 4.23. The number of esters is 1. The molecule has 4 aromatic rings.